The van der Waals surface area contributed by atoms with Crippen molar-refractivity contribution >= 4 is 32.5 Å². The number of pyridine rings is 1. The number of ether oxygens (including phenoxy) is 1. The van der Waals surface area contributed by atoms with E-state index in [1.54, 1.807) is 67.0 Å². The normalized spacial score (nSPS) is 11.3. The fourth-order valence-electron chi connectivity index (χ4n) is 3.19. The SMILES string of the molecule is CN(c1ccc(OC(=O)Cc2cccnc2)cc1)S(=O)(=O)c1ccc2ccccc2c1. The van der Waals surface area contributed by atoms with Gasteiger partial charge < -0.3 is 4.74 Å². The van der Waals surface area contributed by atoms with Gasteiger partial charge in [0, 0.05) is 19.4 Å². The smallest absolute Gasteiger partial charge is 0.315 e. The van der Waals surface area contributed by atoms with Crippen molar-refractivity contribution in [2.24, 2.45) is 0 Å². The lowest BCUT2D eigenvalue weighted by Gasteiger charge is -2.20. The van der Waals surface area contributed by atoms with Crippen molar-refractivity contribution in [2.45, 2.75) is 11.3 Å². The van der Waals surface area contributed by atoms with E-state index in [0.717, 1.165) is 16.3 Å². The van der Waals surface area contributed by atoms with Gasteiger partial charge in [-0.1, -0.05) is 36.4 Å². The maximum Gasteiger partial charge on any atom is 0.315 e. The number of rotatable bonds is 6. The van der Waals surface area contributed by atoms with Crippen LogP contribution in [-0.4, -0.2) is 26.4 Å². The molecule has 1 heterocycles. The van der Waals surface area contributed by atoms with Crippen molar-refractivity contribution < 1.29 is 17.9 Å². The lowest BCUT2D eigenvalue weighted by molar-refractivity contribution is -0.133. The summed E-state index contributed by atoms with van der Waals surface area (Å²) in [5.74, 6) is -0.0768. The van der Waals surface area contributed by atoms with E-state index in [2.05, 4.69) is 4.98 Å². The maximum absolute atomic E-state index is 13.1. The van der Waals surface area contributed by atoms with Crippen LogP contribution in [0.2, 0.25) is 0 Å². The fraction of sp³-hybridized carbons (Fsp3) is 0.0833. The summed E-state index contributed by atoms with van der Waals surface area (Å²) in [6.45, 7) is 0. The second-order valence-corrected chi connectivity index (χ2v) is 8.96. The molecular weight excluding hydrogens is 412 g/mol. The zero-order valence-corrected chi connectivity index (χ0v) is 17.6. The highest BCUT2D eigenvalue weighted by atomic mass is 32.2. The van der Waals surface area contributed by atoms with Crippen LogP contribution in [0.15, 0.2) is 96.2 Å². The molecule has 0 aliphatic heterocycles. The number of sulfonamides is 1. The van der Waals surface area contributed by atoms with E-state index in [1.165, 1.54) is 11.4 Å². The second-order valence-electron chi connectivity index (χ2n) is 6.99. The molecule has 0 bridgehead atoms. The number of benzene rings is 3. The molecule has 0 aliphatic carbocycles. The van der Waals surface area contributed by atoms with Gasteiger partial charge in [-0.15, -0.1) is 0 Å². The first kappa shape index (κ1) is 20.6. The molecular formula is C24H20N2O4S. The second kappa shape index (κ2) is 8.57. The summed E-state index contributed by atoms with van der Waals surface area (Å²) in [5, 5.41) is 1.83. The Balaban J connectivity index is 1.49. The van der Waals surface area contributed by atoms with Crippen LogP contribution in [0.4, 0.5) is 5.69 Å². The highest BCUT2D eigenvalue weighted by Gasteiger charge is 2.21. The molecule has 31 heavy (non-hydrogen) atoms. The Bertz CT molecular complexity index is 1320. The number of nitrogens with zero attached hydrogens (tertiary/aromatic N) is 2. The minimum absolute atomic E-state index is 0.103. The first-order valence-electron chi connectivity index (χ1n) is 9.61. The molecule has 0 fully saturated rings. The Morgan fingerprint density at radius 1 is 0.935 bits per heavy atom. The van der Waals surface area contributed by atoms with Gasteiger partial charge >= 0.3 is 5.97 Å². The van der Waals surface area contributed by atoms with Crippen molar-refractivity contribution in [3.63, 3.8) is 0 Å². The van der Waals surface area contributed by atoms with E-state index in [4.69, 9.17) is 4.74 Å². The maximum atomic E-state index is 13.1. The third-order valence-corrected chi connectivity index (χ3v) is 6.66. The average molecular weight is 433 g/mol. The van der Waals surface area contributed by atoms with E-state index >= 15 is 0 Å². The quantitative estimate of drug-likeness (QED) is 0.337. The van der Waals surface area contributed by atoms with Crippen molar-refractivity contribution in [1.29, 1.82) is 0 Å². The van der Waals surface area contributed by atoms with Gasteiger partial charge in [0.25, 0.3) is 10.0 Å². The molecule has 0 aliphatic rings. The molecule has 3 aromatic carbocycles. The standard InChI is InChI=1S/C24H20N2O4S/c1-26(31(28,29)23-13-8-19-6-2-3-7-20(19)16-23)21-9-11-22(12-10-21)30-24(27)15-18-5-4-14-25-17-18/h2-14,16-17H,15H2,1H3. The number of hydrogen-bond donors (Lipinski definition) is 0. The van der Waals surface area contributed by atoms with Crippen LogP contribution < -0.4 is 9.04 Å². The molecule has 0 spiro atoms. The largest absolute Gasteiger partial charge is 0.426 e. The number of carbonyl (C=O) groups excluding carboxylic acids is 1. The van der Waals surface area contributed by atoms with E-state index in [1.807, 2.05) is 24.3 Å². The minimum Gasteiger partial charge on any atom is -0.426 e. The number of aromatic nitrogens is 1. The molecule has 0 saturated carbocycles. The van der Waals surface area contributed by atoms with Crippen LogP contribution in [0.5, 0.6) is 5.75 Å². The summed E-state index contributed by atoms with van der Waals surface area (Å²) in [5.41, 5.74) is 1.21. The van der Waals surface area contributed by atoms with Gasteiger partial charge in [-0.2, -0.15) is 0 Å². The van der Waals surface area contributed by atoms with Gasteiger partial charge in [0.05, 0.1) is 17.0 Å². The van der Waals surface area contributed by atoms with Gasteiger partial charge in [0.1, 0.15) is 5.75 Å². The van der Waals surface area contributed by atoms with E-state index in [-0.39, 0.29) is 11.3 Å². The molecule has 156 valence electrons. The minimum atomic E-state index is -3.74. The van der Waals surface area contributed by atoms with Gasteiger partial charge in [-0.05, 0) is 58.8 Å². The van der Waals surface area contributed by atoms with E-state index < -0.39 is 16.0 Å². The third-order valence-electron chi connectivity index (χ3n) is 4.88. The molecule has 0 saturated heterocycles. The monoisotopic (exact) mass is 432 g/mol. The van der Waals surface area contributed by atoms with Crippen LogP contribution in [0.3, 0.4) is 0 Å². The topological polar surface area (TPSA) is 76.6 Å². The number of fused-ring (bicyclic) bond motifs is 1. The fourth-order valence-corrected chi connectivity index (χ4v) is 4.42. The van der Waals surface area contributed by atoms with Crippen LogP contribution >= 0.6 is 0 Å². The highest BCUT2D eigenvalue weighted by molar-refractivity contribution is 7.92. The van der Waals surface area contributed by atoms with Gasteiger partial charge in [-0.25, -0.2) is 8.42 Å². The molecule has 6 nitrogen and oxygen atoms in total. The molecule has 1 aromatic heterocycles. The van der Waals surface area contributed by atoms with E-state index in [9.17, 15) is 13.2 Å². The summed E-state index contributed by atoms with van der Waals surface area (Å²) < 4.78 is 32.7. The summed E-state index contributed by atoms with van der Waals surface area (Å²) in [7, 11) is -2.25. The predicted octanol–water partition coefficient (Wildman–Crippen LogP) is 4.21. The molecule has 0 radical (unpaired) electrons. The van der Waals surface area contributed by atoms with Crippen molar-refractivity contribution in [2.75, 3.05) is 11.4 Å². The van der Waals surface area contributed by atoms with Crippen LogP contribution in [-0.2, 0) is 21.2 Å². The molecule has 0 unspecified atom stereocenters. The summed E-state index contributed by atoms with van der Waals surface area (Å²) >= 11 is 0. The number of carbonyl (C=O) groups is 1. The predicted molar refractivity (Wildman–Crippen MR) is 120 cm³/mol. The Kier molecular flexibility index (Phi) is 5.68. The van der Waals surface area contributed by atoms with Crippen LogP contribution in [0, 0.1) is 0 Å². The summed E-state index contributed by atoms with van der Waals surface area (Å²) in [6, 6.07) is 22.5. The third kappa shape index (κ3) is 4.57. The van der Waals surface area contributed by atoms with Crippen molar-refractivity contribution in [1.82, 2.24) is 4.98 Å². The Morgan fingerprint density at radius 3 is 2.39 bits per heavy atom. The lowest BCUT2D eigenvalue weighted by atomic mass is 10.1. The molecule has 7 heteroatoms. The zero-order valence-electron chi connectivity index (χ0n) is 16.8. The summed E-state index contributed by atoms with van der Waals surface area (Å²) in [6.07, 6.45) is 3.35. The Morgan fingerprint density at radius 2 is 1.68 bits per heavy atom. The zero-order chi connectivity index (χ0) is 21.8. The molecule has 0 atom stereocenters. The average Bonchev–Trinajstić information content (AvgIpc) is 2.79. The molecule has 0 N–H and O–H groups in total. The van der Waals surface area contributed by atoms with Gasteiger partial charge in [0.2, 0.25) is 0 Å². The van der Waals surface area contributed by atoms with E-state index in [0.29, 0.717) is 11.4 Å². The lowest BCUT2D eigenvalue weighted by Crippen LogP contribution is -2.26. The first-order valence-corrected chi connectivity index (χ1v) is 11.0. The van der Waals surface area contributed by atoms with Crippen molar-refractivity contribution in [3.05, 3.63) is 96.8 Å². The molecule has 4 rings (SSSR count). The van der Waals surface area contributed by atoms with Crippen LogP contribution in [0.1, 0.15) is 5.56 Å². The van der Waals surface area contributed by atoms with Gasteiger partial charge in [0.15, 0.2) is 0 Å². The summed E-state index contributed by atoms with van der Waals surface area (Å²) in [4.78, 5) is 16.3. The number of anilines is 1. The van der Waals surface area contributed by atoms with Gasteiger partial charge in [-0.3, -0.25) is 14.1 Å². The molecule has 4 aromatic rings. The number of hydrogen-bond acceptors (Lipinski definition) is 5. The van der Waals surface area contributed by atoms with Crippen LogP contribution in [0.25, 0.3) is 10.8 Å². The molecule has 0 amide bonds. The Hall–Kier alpha value is -3.71. The first-order chi connectivity index (χ1) is 14.9. The van der Waals surface area contributed by atoms with Crippen molar-refractivity contribution in [3.8, 4) is 5.75 Å². The Labute approximate surface area is 180 Å². The highest BCUT2D eigenvalue weighted by Crippen LogP contribution is 2.26. The number of esters is 1.